The van der Waals surface area contributed by atoms with Crippen LogP contribution in [0.4, 0.5) is 5.69 Å². The van der Waals surface area contributed by atoms with Gasteiger partial charge in [-0.15, -0.1) is 0 Å². The van der Waals surface area contributed by atoms with Crippen LogP contribution in [0.5, 0.6) is 11.5 Å². The number of furan rings is 1. The average Bonchev–Trinajstić information content (AvgIpc) is 3.17. The lowest BCUT2D eigenvalue weighted by Gasteiger charge is -2.28. The summed E-state index contributed by atoms with van der Waals surface area (Å²) in [5.41, 5.74) is 0.560. The molecule has 0 atom stereocenters. The van der Waals surface area contributed by atoms with E-state index in [-0.39, 0.29) is 5.91 Å². The Labute approximate surface area is 163 Å². The van der Waals surface area contributed by atoms with Gasteiger partial charge in [-0.25, -0.2) is 0 Å². The predicted octanol–water partition coefficient (Wildman–Crippen LogP) is -0.128. The number of nitrogens with one attached hydrogen (secondary N) is 3. The van der Waals surface area contributed by atoms with Crippen molar-refractivity contribution in [3.63, 3.8) is 0 Å². The number of benzene rings is 1. The number of halogens is 1. The highest BCUT2D eigenvalue weighted by Crippen LogP contribution is 2.35. The van der Waals surface area contributed by atoms with E-state index in [2.05, 4.69) is 5.32 Å². The second-order valence-electron chi connectivity index (χ2n) is 6.67. The Hall–Kier alpha value is -2.22. The highest BCUT2D eigenvalue weighted by molar-refractivity contribution is 6.32. The SMILES string of the molecule is COc1cc(NC(=O)C[NH+]2CC[NH+](Cc3ccco3)CC2)c(OC)cc1Cl. The van der Waals surface area contributed by atoms with Crippen molar-refractivity contribution in [2.45, 2.75) is 6.54 Å². The molecule has 2 aromatic rings. The second-order valence-corrected chi connectivity index (χ2v) is 7.08. The van der Waals surface area contributed by atoms with Gasteiger partial charge in [-0.3, -0.25) is 4.79 Å². The molecule has 0 saturated carbocycles. The van der Waals surface area contributed by atoms with Crippen LogP contribution in [0.1, 0.15) is 5.76 Å². The molecule has 2 heterocycles. The van der Waals surface area contributed by atoms with E-state index >= 15 is 0 Å². The number of anilines is 1. The Bertz CT molecular complexity index is 759. The van der Waals surface area contributed by atoms with Gasteiger partial charge in [-0.1, -0.05) is 11.6 Å². The molecule has 1 aromatic carbocycles. The van der Waals surface area contributed by atoms with Crippen LogP contribution in [0, 0.1) is 0 Å². The van der Waals surface area contributed by atoms with E-state index in [0.717, 1.165) is 38.5 Å². The van der Waals surface area contributed by atoms with Crippen LogP contribution in [0.25, 0.3) is 0 Å². The van der Waals surface area contributed by atoms with E-state index in [4.69, 9.17) is 25.5 Å². The number of rotatable bonds is 7. The van der Waals surface area contributed by atoms with E-state index in [1.807, 2.05) is 12.1 Å². The van der Waals surface area contributed by atoms with Crippen LogP contribution in [0.15, 0.2) is 34.9 Å². The zero-order valence-electron chi connectivity index (χ0n) is 15.6. The normalized spacial score (nSPS) is 19.5. The van der Waals surface area contributed by atoms with Gasteiger partial charge >= 0.3 is 0 Å². The molecule has 0 unspecified atom stereocenters. The summed E-state index contributed by atoms with van der Waals surface area (Å²) >= 11 is 6.11. The summed E-state index contributed by atoms with van der Waals surface area (Å²) in [7, 11) is 3.08. The summed E-state index contributed by atoms with van der Waals surface area (Å²) in [6, 6.07) is 7.24. The quantitative estimate of drug-likeness (QED) is 0.611. The summed E-state index contributed by atoms with van der Waals surface area (Å²) in [6.45, 7) is 5.24. The van der Waals surface area contributed by atoms with Crippen LogP contribution < -0.4 is 24.6 Å². The van der Waals surface area contributed by atoms with Gasteiger partial charge in [0.05, 0.1) is 31.2 Å². The van der Waals surface area contributed by atoms with Crippen molar-refractivity contribution in [1.29, 1.82) is 0 Å². The van der Waals surface area contributed by atoms with Crippen LogP contribution in [-0.4, -0.2) is 52.9 Å². The summed E-state index contributed by atoms with van der Waals surface area (Å²) < 4.78 is 15.9. The molecular weight excluding hydrogens is 370 g/mol. The molecule has 1 aliphatic heterocycles. The first-order valence-corrected chi connectivity index (χ1v) is 9.37. The molecule has 0 radical (unpaired) electrons. The first-order chi connectivity index (χ1) is 13.1. The number of hydrogen-bond acceptors (Lipinski definition) is 4. The topological polar surface area (TPSA) is 69.6 Å². The van der Waals surface area contributed by atoms with Crippen molar-refractivity contribution >= 4 is 23.2 Å². The van der Waals surface area contributed by atoms with Gasteiger partial charge in [0.25, 0.3) is 5.91 Å². The van der Waals surface area contributed by atoms with Gasteiger partial charge < -0.3 is 29.0 Å². The maximum atomic E-state index is 12.5. The lowest BCUT2D eigenvalue weighted by Crippen LogP contribution is -3.28. The molecule has 8 heteroatoms. The minimum absolute atomic E-state index is 0.0536. The van der Waals surface area contributed by atoms with Crippen molar-refractivity contribution in [3.05, 3.63) is 41.3 Å². The van der Waals surface area contributed by atoms with Crippen LogP contribution in [0.3, 0.4) is 0 Å². The van der Waals surface area contributed by atoms with Crippen molar-refractivity contribution in [1.82, 2.24) is 0 Å². The molecule has 146 valence electrons. The lowest BCUT2D eigenvalue weighted by molar-refractivity contribution is -1.02. The van der Waals surface area contributed by atoms with Gasteiger partial charge in [-0.2, -0.15) is 0 Å². The number of hydrogen-bond donors (Lipinski definition) is 3. The molecule has 1 saturated heterocycles. The van der Waals surface area contributed by atoms with Gasteiger partial charge in [0.15, 0.2) is 12.3 Å². The number of piperazine rings is 1. The number of carbonyl (C=O) groups is 1. The summed E-state index contributed by atoms with van der Waals surface area (Å²) in [4.78, 5) is 15.2. The molecule has 1 amide bonds. The third-order valence-electron chi connectivity index (χ3n) is 4.83. The lowest BCUT2D eigenvalue weighted by atomic mass is 10.2. The smallest absolute Gasteiger partial charge is 0.279 e. The largest absolute Gasteiger partial charge is 0.495 e. The summed E-state index contributed by atoms with van der Waals surface area (Å²) in [5, 5.41) is 3.35. The first-order valence-electron chi connectivity index (χ1n) is 9.00. The fourth-order valence-corrected chi connectivity index (χ4v) is 3.58. The number of quaternary nitrogens is 2. The Morgan fingerprint density at radius 3 is 2.48 bits per heavy atom. The standard InChI is InChI=1S/C19H24ClN3O4/c1-25-17-11-16(18(26-2)10-15(17)20)21-19(24)13-23-7-5-22(6-8-23)12-14-4-3-9-27-14/h3-4,9-11H,5-8,12-13H2,1-2H3,(H,21,24)/p+2. The van der Waals surface area contributed by atoms with Crippen molar-refractivity contribution in [2.75, 3.05) is 52.3 Å². The van der Waals surface area contributed by atoms with E-state index in [0.29, 0.717) is 28.8 Å². The Morgan fingerprint density at radius 2 is 1.85 bits per heavy atom. The van der Waals surface area contributed by atoms with Gasteiger partial charge in [0, 0.05) is 12.1 Å². The molecule has 27 heavy (non-hydrogen) atoms. The molecule has 1 fully saturated rings. The molecular formula is C19H26ClN3O4+2. The Kier molecular flexibility index (Phi) is 6.60. The van der Waals surface area contributed by atoms with Crippen molar-refractivity contribution in [3.8, 4) is 11.5 Å². The molecule has 1 aliphatic rings. The van der Waals surface area contributed by atoms with Crippen molar-refractivity contribution in [2.24, 2.45) is 0 Å². The van der Waals surface area contributed by atoms with E-state index < -0.39 is 0 Å². The summed E-state index contributed by atoms with van der Waals surface area (Å²) in [5.74, 6) is 1.96. The highest BCUT2D eigenvalue weighted by Gasteiger charge is 2.26. The second kappa shape index (κ2) is 9.12. The van der Waals surface area contributed by atoms with Crippen LogP contribution in [-0.2, 0) is 11.3 Å². The van der Waals surface area contributed by atoms with Gasteiger partial charge in [-0.05, 0) is 12.1 Å². The molecule has 1 aromatic heterocycles. The Balaban J connectivity index is 1.51. The number of ether oxygens (including phenoxy) is 2. The molecule has 0 bridgehead atoms. The van der Waals surface area contributed by atoms with Crippen LogP contribution in [0.2, 0.25) is 5.02 Å². The van der Waals surface area contributed by atoms with E-state index in [1.54, 1.807) is 25.5 Å². The third kappa shape index (κ3) is 5.15. The molecule has 0 aliphatic carbocycles. The molecule has 7 nitrogen and oxygen atoms in total. The maximum absolute atomic E-state index is 12.5. The average molecular weight is 396 g/mol. The van der Waals surface area contributed by atoms with Crippen LogP contribution >= 0.6 is 11.6 Å². The molecule has 3 N–H and O–H groups in total. The number of methoxy groups -OCH3 is 2. The summed E-state index contributed by atoms with van der Waals surface area (Å²) in [6.07, 6.45) is 1.71. The Morgan fingerprint density at radius 1 is 1.15 bits per heavy atom. The minimum atomic E-state index is -0.0536. The van der Waals surface area contributed by atoms with E-state index in [9.17, 15) is 4.79 Å². The number of carbonyl (C=O) groups excluding carboxylic acids is 1. The highest BCUT2D eigenvalue weighted by atomic mass is 35.5. The first kappa shape index (κ1) is 19.5. The van der Waals surface area contributed by atoms with Gasteiger partial charge in [0.2, 0.25) is 0 Å². The third-order valence-corrected chi connectivity index (χ3v) is 5.12. The fraction of sp³-hybridized carbons (Fsp3) is 0.421. The number of amides is 1. The molecule has 0 spiro atoms. The van der Waals surface area contributed by atoms with Gasteiger partial charge in [0.1, 0.15) is 44.2 Å². The minimum Gasteiger partial charge on any atom is -0.495 e. The fourth-order valence-electron chi connectivity index (χ4n) is 3.35. The molecule has 3 rings (SSSR count). The monoisotopic (exact) mass is 395 g/mol. The maximum Gasteiger partial charge on any atom is 0.279 e. The van der Waals surface area contributed by atoms with Crippen molar-refractivity contribution < 1.29 is 28.5 Å². The predicted molar refractivity (Wildman–Crippen MR) is 102 cm³/mol. The zero-order chi connectivity index (χ0) is 19.2. The van der Waals surface area contributed by atoms with E-state index in [1.165, 1.54) is 16.9 Å². The zero-order valence-corrected chi connectivity index (χ0v) is 16.4.